The summed E-state index contributed by atoms with van der Waals surface area (Å²) in [6, 6.07) is 14.7. The summed E-state index contributed by atoms with van der Waals surface area (Å²) in [6.45, 7) is 2.19. The average molecular weight is 424 g/mol. The molecular formula is C22H18ClN3O4. The van der Waals surface area contributed by atoms with Gasteiger partial charge in [-0.2, -0.15) is 5.10 Å². The van der Waals surface area contributed by atoms with E-state index in [-0.39, 0.29) is 17.2 Å². The van der Waals surface area contributed by atoms with Crippen LogP contribution in [0.2, 0.25) is 5.02 Å². The van der Waals surface area contributed by atoms with Crippen LogP contribution in [0.15, 0.2) is 72.1 Å². The summed E-state index contributed by atoms with van der Waals surface area (Å²) in [4.78, 5) is 28.3. The molecule has 0 aliphatic heterocycles. The van der Waals surface area contributed by atoms with Crippen LogP contribution in [0, 0.1) is 0 Å². The number of esters is 1. The van der Waals surface area contributed by atoms with Gasteiger partial charge in [-0.25, -0.2) is 10.2 Å². The van der Waals surface area contributed by atoms with Crippen molar-refractivity contribution in [2.45, 2.75) is 6.92 Å². The summed E-state index contributed by atoms with van der Waals surface area (Å²) >= 11 is 6.05. The molecule has 3 aromatic rings. The van der Waals surface area contributed by atoms with E-state index in [0.717, 1.165) is 0 Å². The number of nitrogens with zero attached hydrogens (tertiary/aromatic N) is 2. The van der Waals surface area contributed by atoms with E-state index in [1.807, 2.05) is 6.92 Å². The van der Waals surface area contributed by atoms with E-state index in [9.17, 15) is 9.59 Å². The molecule has 1 amide bonds. The molecule has 30 heavy (non-hydrogen) atoms. The van der Waals surface area contributed by atoms with E-state index in [1.54, 1.807) is 54.6 Å². The lowest BCUT2D eigenvalue weighted by atomic mass is 10.2. The molecule has 1 aromatic heterocycles. The molecule has 0 aliphatic rings. The summed E-state index contributed by atoms with van der Waals surface area (Å²) in [5.74, 6) is -0.335. The Morgan fingerprint density at radius 1 is 1.10 bits per heavy atom. The van der Waals surface area contributed by atoms with Gasteiger partial charge in [-0.05, 0) is 55.0 Å². The highest BCUT2D eigenvalue weighted by molar-refractivity contribution is 6.33. The number of hydrogen-bond donors (Lipinski definition) is 1. The normalized spacial score (nSPS) is 10.6. The van der Waals surface area contributed by atoms with E-state index >= 15 is 0 Å². The minimum Gasteiger partial charge on any atom is -0.490 e. The van der Waals surface area contributed by atoms with Gasteiger partial charge in [-0.1, -0.05) is 23.7 Å². The highest BCUT2D eigenvalue weighted by Gasteiger charge is 2.15. The number of benzene rings is 2. The topological polar surface area (TPSA) is 89.9 Å². The third-order valence-electron chi connectivity index (χ3n) is 3.89. The zero-order valence-electron chi connectivity index (χ0n) is 16.0. The number of hydrogen-bond acceptors (Lipinski definition) is 6. The Balaban J connectivity index is 1.72. The number of carbonyl (C=O) groups excluding carboxylic acids is 2. The Labute approximate surface area is 178 Å². The van der Waals surface area contributed by atoms with Gasteiger partial charge in [0, 0.05) is 18.0 Å². The monoisotopic (exact) mass is 423 g/mol. The molecule has 152 valence electrons. The van der Waals surface area contributed by atoms with Gasteiger partial charge in [-0.15, -0.1) is 0 Å². The van der Waals surface area contributed by atoms with E-state index in [2.05, 4.69) is 15.5 Å². The van der Waals surface area contributed by atoms with Crippen LogP contribution in [0.25, 0.3) is 0 Å². The van der Waals surface area contributed by atoms with Crippen molar-refractivity contribution in [3.05, 3.63) is 88.7 Å². The number of amides is 1. The lowest BCUT2D eigenvalue weighted by Gasteiger charge is -2.12. The minimum atomic E-state index is -0.590. The van der Waals surface area contributed by atoms with Gasteiger partial charge in [0.1, 0.15) is 0 Å². The van der Waals surface area contributed by atoms with Crippen LogP contribution in [0.3, 0.4) is 0 Å². The van der Waals surface area contributed by atoms with Crippen LogP contribution >= 0.6 is 11.6 Å². The van der Waals surface area contributed by atoms with Gasteiger partial charge in [-0.3, -0.25) is 9.78 Å². The molecule has 0 aliphatic carbocycles. The molecule has 1 heterocycles. The van der Waals surface area contributed by atoms with E-state index in [4.69, 9.17) is 21.1 Å². The largest absolute Gasteiger partial charge is 0.490 e. The first-order valence-corrected chi connectivity index (χ1v) is 9.43. The van der Waals surface area contributed by atoms with Crippen molar-refractivity contribution in [2.24, 2.45) is 5.10 Å². The minimum absolute atomic E-state index is 0.250. The van der Waals surface area contributed by atoms with E-state index in [0.29, 0.717) is 28.5 Å². The molecule has 0 saturated heterocycles. The van der Waals surface area contributed by atoms with Crippen molar-refractivity contribution in [1.82, 2.24) is 10.4 Å². The van der Waals surface area contributed by atoms with E-state index in [1.165, 1.54) is 18.6 Å². The van der Waals surface area contributed by atoms with E-state index < -0.39 is 5.97 Å². The number of nitrogens with one attached hydrogen (secondary N) is 1. The van der Waals surface area contributed by atoms with Gasteiger partial charge in [0.25, 0.3) is 5.91 Å². The highest BCUT2D eigenvalue weighted by Crippen LogP contribution is 2.29. The number of pyridine rings is 1. The number of halogens is 1. The maximum Gasteiger partial charge on any atom is 0.345 e. The van der Waals surface area contributed by atoms with Crippen LogP contribution in [0.1, 0.15) is 33.2 Å². The van der Waals surface area contributed by atoms with Crippen molar-refractivity contribution in [3.8, 4) is 11.5 Å². The molecular weight excluding hydrogens is 406 g/mol. The highest BCUT2D eigenvalue weighted by atomic mass is 35.5. The molecule has 0 radical (unpaired) electrons. The molecule has 8 heteroatoms. The fourth-order valence-electron chi connectivity index (χ4n) is 2.47. The smallest absolute Gasteiger partial charge is 0.345 e. The molecule has 0 saturated carbocycles. The molecule has 0 spiro atoms. The second-order valence-electron chi connectivity index (χ2n) is 5.94. The predicted octanol–water partition coefficient (Wildman–Crippen LogP) is 4.12. The van der Waals surface area contributed by atoms with Crippen molar-refractivity contribution in [2.75, 3.05) is 6.61 Å². The second-order valence-corrected chi connectivity index (χ2v) is 6.35. The van der Waals surface area contributed by atoms with Gasteiger partial charge in [0.05, 0.1) is 23.4 Å². The summed E-state index contributed by atoms with van der Waals surface area (Å²) < 4.78 is 11.0. The van der Waals surface area contributed by atoms with Gasteiger partial charge >= 0.3 is 5.97 Å². The Morgan fingerprint density at radius 2 is 1.87 bits per heavy atom. The molecule has 0 fully saturated rings. The van der Waals surface area contributed by atoms with Crippen LogP contribution in [0.4, 0.5) is 0 Å². The molecule has 0 atom stereocenters. The summed E-state index contributed by atoms with van der Waals surface area (Å²) in [5, 5.41) is 4.24. The van der Waals surface area contributed by atoms with Crippen molar-refractivity contribution in [1.29, 1.82) is 0 Å². The van der Waals surface area contributed by atoms with Crippen LogP contribution in [-0.4, -0.2) is 29.7 Å². The lowest BCUT2D eigenvalue weighted by Crippen LogP contribution is -2.17. The Kier molecular flexibility index (Phi) is 7.13. The Bertz CT molecular complexity index is 1070. The van der Waals surface area contributed by atoms with Crippen molar-refractivity contribution >= 4 is 29.7 Å². The Hall–Kier alpha value is -3.71. The third-order valence-corrected chi connectivity index (χ3v) is 4.22. The standard InChI is InChI=1S/C22H18ClN3O4/c1-2-29-20-13-15(14-25-26-21(27)16-9-11-24-12-10-16)7-8-19(20)30-22(28)17-5-3-4-6-18(17)23/h3-14H,2H2,1H3,(H,26,27)/b25-14-. The zero-order valence-corrected chi connectivity index (χ0v) is 16.8. The molecule has 1 N–H and O–H groups in total. The summed E-state index contributed by atoms with van der Waals surface area (Å²) in [5.41, 5.74) is 3.78. The molecule has 0 bridgehead atoms. The quantitative estimate of drug-likeness (QED) is 0.267. The first kappa shape index (κ1) is 21.0. The fraction of sp³-hybridized carbons (Fsp3) is 0.0909. The van der Waals surface area contributed by atoms with Crippen molar-refractivity contribution < 1.29 is 19.1 Å². The maximum absolute atomic E-state index is 12.4. The number of carbonyl (C=O) groups is 2. The van der Waals surface area contributed by atoms with Gasteiger partial charge in [0.15, 0.2) is 11.5 Å². The molecule has 3 rings (SSSR count). The first-order chi connectivity index (χ1) is 14.6. The third kappa shape index (κ3) is 5.42. The SMILES string of the molecule is CCOc1cc(/C=N\NC(=O)c2ccncc2)ccc1OC(=O)c1ccccc1Cl. The van der Waals surface area contributed by atoms with Crippen LogP contribution in [-0.2, 0) is 0 Å². The molecule has 7 nitrogen and oxygen atoms in total. The van der Waals surface area contributed by atoms with Crippen LogP contribution in [0.5, 0.6) is 11.5 Å². The molecule has 2 aromatic carbocycles. The number of hydrazone groups is 1. The average Bonchev–Trinajstić information content (AvgIpc) is 2.76. The first-order valence-electron chi connectivity index (χ1n) is 9.05. The zero-order chi connectivity index (χ0) is 21.3. The lowest BCUT2D eigenvalue weighted by molar-refractivity contribution is 0.0728. The number of rotatable bonds is 7. The second kappa shape index (κ2) is 10.2. The molecule has 0 unspecified atom stereocenters. The maximum atomic E-state index is 12.4. The van der Waals surface area contributed by atoms with Gasteiger partial charge in [0.2, 0.25) is 0 Å². The summed E-state index contributed by atoms with van der Waals surface area (Å²) in [6.07, 6.45) is 4.51. The fourth-order valence-corrected chi connectivity index (χ4v) is 2.69. The number of aromatic nitrogens is 1. The van der Waals surface area contributed by atoms with Gasteiger partial charge < -0.3 is 9.47 Å². The number of ether oxygens (including phenoxy) is 2. The summed E-state index contributed by atoms with van der Waals surface area (Å²) in [7, 11) is 0. The Morgan fingerprint density at radius 3 is 2.60 bits per heavy atom. The van der Waals surface area contributed by atoms with Crippen molar-refractivity contribution in [3.63, 3.8) is 0 Å². The van der Waals surface area contributed by atoms with Crippen LogP contribution < -0.4 is 14.9 Å². The predicted molar refractivity (Wildman–Crippen MR) is 113 cm³/mol.